The largest absolute Gasteiger partial charge is 0.298 e. The Bertz CT molecular complexity index is 247. The highest BCUT2D eigenvalue weighted by molar-refractivity contribution is 7.86. The quantitative estimate of drug-likeness (QED) is 0.651. The maximum absolute atomic E-state index is 11.7. The van der Waals surface area contributed by atoms with Crippen LogP contribution >= 0.6 is 0 Å². The molecule has 1 saturated carbocycles. The maximum Gasteiger partial charge on any atom is 0.151 e. The lowest BCUT2D eigenvalue weighted by Gasteiger charge is -2.32. The van der Waals surface area contributed by atoms with Crippen LogP contribution in [0.3, 0.4) is 0 Å². The summed E-state index contributed by atoms with van der Waals surface area (Å²) in [6.07, 6.45) is 7.23. The van der Waals surface area contributed by atoms with E-state index in [9.17, 15) is 9.00 Å². The predicted octanol–water partition coefficient (Wildman–Crippen LogP) is 1.82. The standard InChI is InChI=1S/C10H16O2S/c1-3-7-10(13(2)12)8-5-4-6-9(10)11/h3H,1,4-8H2,2H3. The second-order valence-electron chi connectivity index (χ2n) is 3.57. The first-order valence-corrected chi connectivity index (χ1v) is 6.17. The van der Waals surface area contributed by atoms with Crippen LogP contribution in [0.2, 0.25) is 0 Å². The van der Waals surface area contributed by atoms with Gasteiger partial charge in [-0.25, -0.2) is 0 Å². The van der Waals surface area contributed by atoms with Crippen molar-refractivity contribution in [3.8, 4) is 0 Å². The van der Waals surface area contributed by atoms with Crippen LogP contribution in [0.25, 0.3) is 0 Å². The summed E-state index contributed by atoms with van der Waals surface area (Å²) in [5, 5.41) is 0. The molecule has 0 aromatic rings. The molecule has 0 N–H and O–H groups in total. The molecule has 0 heterocycles. The summed E-state index contributed by atoms with van der Waals surface area (Å²) in [6, 6.07) is 0. The highest BCUT2D eigenvalue weighted by Crippen LogP contribution is 2.33. The molecule has 3 heteroatoms. The highest BCUT2D eigenvalue weighted by Gasteiger charge is 2.42. The molecular weight excluding hydrogens is 184 g/mol. The van der Waals surface area contributed by atoms with E-state index in [0.29, 0.717) is 12.8 Å². The molecule has 0 aliphatic heterocycles. The van der Waals surface area contributed by atoms with Crippen LogP contribution in [0.15, 0.2) is 12.7 Å². The van der Waals surface area contributed by atoms with Crippen molar-refractivity contribution in [2.45, 2.75) is 36.9 Å². The SMILES string of the molecule is C=CCC1(S(C)=O)CCCCC1=O. The molecule has 0 bridgehead atoms. The van der Waals surface area contributed by atoms with Gasteiger partial charge >= 0.3 is 0 Å². The number of ketones is 1. The molecule has 1 rings (SSSR count). The van der Waals surface area contributed by atoms with Crippen molar-refractivity contribution in [3.63, 3.8) is 0 Å². The summed E-state index contributed by atoms with van der Waals surface area (Å²) in [6.45, 7) is 3.63. The van der Waals surface area contributed by atoms with Gasteiger partial charge in [0.25, 0.3) is 0 Å². The van der Waals surface area contributed by atoms with Gasteiger partial charge in [0, 0.05) is 23.5 Å². The summed E-state index contributed by atoms with van der Waals surface area (Å²) in [5.41, 5.74) is 0. The Morgan fingerprint density at radius 2 is 2.31 bits per heavy atom. The van der Waals surface area contributed by atoms with Crippen LogP contribution in [-0.4, -0.2) is 21.0 Å². The van der Waals surface area contributed by atoms with Gasteiger partial charge < -0.3 is 0 Å². The zero-order chi connectivity index (χ0) is 9.90. The number of carbonyl (C=O) groups excluding carboxylic acids is 1. The molecule has 2 unspecified atom stereocenters. The molecule has 0 amide bonds. The molecule has 2 atom stereocenters. The van der Waals surface area contributed by atoms with Gasteiger partial charge in [-0.3, -0.25) is 9.00 Å². The van der Waals surface area contributed by atoms with E-state index in [-0.39, 0.29) is 5.78 Å². The fourth-order valence-electron chi connectivity index (χ4n) is 1.93. The summed E-state index contributed by atoms with van der Waals surface area (Å²) in [4.78, 5) is 11.7. The number of hydrogen-bond donors (Lipinski definition) is 0. The van der Waals surface area contributed by atoms with Crippen LogP contribution in [-0.2, 0) is 15.6 Å². The Balaban J connectivity index is 2.92. The second kappa shape index (κ2) is 4.18. The summed E-state index contributed by atoms with van der Waals surface area (Å²) in [7, 11) is -1.06. The lowest BCUT2D eigenvalue weighted by atomic mass is 9.85. The molecule has 0 saturated heterocycles. The molecule has 1 aliphatic carbocycles. The average molecular weight is 200 g/mol. The molecule has 0 aromatic heterocycles. The van der Waals surface area contributed by atoms with Gasteiger partial charge in [-0.15, -0.1) is 6.58 Å². The van der Waals surface area contributed by atoms with Crippen molar-refractivity contribution >= 4 is 16.6 Å². The third-order valence-corrected chi connectivity index (χ3v) is 4.47. The Morgan fingerprint density at radius 3 is 2.77 bits per heavy atom. The van der Waals surface area contributed by atoms with E-state index in [1.165, 1.54) is 0 Å². The topological polar surface area (TPSA) is 34.1 Å². The van der Waals surface area contributed by atoms with Crippen LogP contribution in [0, 0.1) is 0 Å². The van der Waals surface area contributed by atoms with Crippen molar-refractivity contribution in [1.82, 2.24) is 0 Å². The number of allylic oxidation sites excluding steroid dienone is 1. The molecule has 13 heavy (non-hydrogen) atoms. The van der Waals surface area contributed by atoms with Gasteiger partial charge in [0.05, 0.1) is 0 Å². The van der Waals surface area contributed by atoms with Gasteiger partial charge in [-0.05, 0) is 19.3 Å². The van der Waals surface area contributed by atoms with E-state index in [1.54, 1.807) is 12.3 Å². The zero-order valence-electron chi connectivity index (χ0n) is 8.04. The van der Waals surface area contributed by atoms with Crippen LogP contribution < -0.4 is 0 Å². The molecule has 0 spiro atoms. The molecular formula is C10H16O2S. The van der Waals surface area contributed by atoms with E-state index < -0.39 is 15.5 Å². The van der Waals surface area contributed by atoms with Gasteiger partial charge in [-0.1, -0.05) is 12.5 Å². The Hall–Kier alpha value is -0.440. The van der Waals surface area contributed by atoms with Crippen molar-refractivity contribution in [2.24, 2.45) is 0 Å². The van der Waals surface area contributed by atoms with Crippen molar-refractivity contribution < 1.29 is 9.00 Å². The summed E-state index contributed by atoms with van der Waals surface area (Å²) >= 11 is 0. The monoisotopic (exact) mass is 200 g/mol. The summed E-state index contributed by atoms with van der Waals surface area (Å²) < 4.78 is 11.0. The minimum Gasteiger partial charge on any atom is -0.298 e. The highest BCUT2D eigenvalue weighted by atomic mass is 32.2. The van der Waals surface area contributed by atoms with Gasteiger partial charge in [0.15, 0.2) is 5.78 Å². The third kappa shape index (κ3) is 1.90. The van der Waals surface area contributed by atoms with Gasteiger partial charge in [0.1, 0.15) is 4.75 Å². The zero-order valence-corrected chi connectivity index (χ0v) is 8.86. The van der Waals surface area contributed by atoms with Crippen LogP contribution in [0.1, 0.15) is 32.1 Å². The lowest BCUT2D eigenvalue weighted by Crippen LogP contribution is -2.44. The second-order valence-corrected chi connectivity index (χ2v) is 5.26. The predicted molar refractivity (Wildman–Crippen MR) is 55.1 cm³/mol. The van der Waals surface area contributed by atoms with Crippen molar-refractivity contribution in [1.29, 1.82) is 0 Å². The van der Waals surface area contributed by atoms with E-state index in [1.807, 2.05) is 0 Å². The first-order chi connectivity index (χ1) is 6.13. The average Bonchev–Trinajstić information content (AvgIpc) is 2.09. The molecule has 1 fully saturated rings. The van der Waals surface area contributed by atoms with E-state index in [4.69, 9.17) is 0 Å². The third-order valence-electron chi connectivity index (χ3n) is 2.77. The molecule has 1 aliphatic rings. The maximum atomic E-state index is 11.7. The minimum atomic E-state index is -1.06. The van der Waals surface area contributed by atoms with Gasteiger partial charge in [-0.2, -0.15) is 0 Å². The fraction of sp³-hybridized carbons (Fsp3) is 0.700. The number of rotatable bonds is 3. The Kier molecular flexibility index (Phi) is 3.42. The molecule has 74 valence electrons. The van der Waals surface area contributed by atoms with Gasteiger partial charge in [0.2, 0.25) is 0 Å². The van der Waals surface area contributed by atoms with E-state index >= 15 is 0 Å². The minimum absolute atomic E-state index is 0.166. The molecule has 2 nitrogen and oxygen atoms in total. The number of Topliss-reactive ketones (excluding diaryl/α,β-unsaturated/α-hetero) is 1. The van der Waals surface area contributed by atoms with Crippen LogP contribution in [0.4, 0.5) is 0 Å². The Morgan fingerprint density at radius 1 is 1.62 bits per heavy atom. The van der Waals surface area contributed by atoms with Crippen molar-refractivity contribution in [2.75, 3.05) is 6.26 Å². The fourth-order valence-corrected chi connectivity index (χ4v) is 3.14. The van der Waals surface area contributed by atoms with E-state index in [0.717, 1.165) is 19.3 Å². The van der Waals surface area contributed by atoms with Crippen molar-refractivity contribution in [3.05, 3.63) is 12.7 Å². The first-order valence-electron chi connectivity index (χ1n) is 4.61. The normalized spacial score (nSPS) is 31.3. The lowest BCUT2D eigenvalue weighted by molar-refractivity contribution is -0.122. The smallest absolute Gasteiger partial charge is 0.151 e. The van der Waals surface area contributed by atoms with Crippen LogP contribution in [0.5, 0.6) is 0 Å². The molecule has 0 aromatic carbocycles. The summed E-state index contributed by atoms with van der Waals surface area (Å²) in [5.74, 6) is 0.166. The Labute approximate surface area is 81.9 Å². The first kappa shape index (κ1) is 10.6. The number of hydrogen-bond acceptors (Lipinski definition) is 2. The van der Waals surface area contributed by atoms with E-state index in [2.05, 4.69) is 6.58 Å². The number of carbonyl (C=O) groups is 1. The molecule has 0 radical (unpaired) electrons.